The van der Waals surface area contributed by atoms with Gasteiger partial charge in [0.25, 0.3) is 0 Å². The van der Waals surface area contributed by atoms with Crippen LogP contribution in [0, 0.1) is 0 Å². The molecule has 2 amide bonds. The van der Waals surface area contributed by atoms with E-state index in [4.69, 9.17) is 0 Å². The molecule has 1 saturated heterocycles. The second-order valence-corrected chi connectivity index (χ2v) is 8.28. The SMILES string of the molecule is COC(=O)c1ccc(N=C2S[C@H](CC(=O)Nc3ccc(Br)cc3)C(=O)N2C)cc1. The zero-order chi connectivity index (χ0) is 21.0. The summed E-state index contributed by atoms with van der Waals surface area (Å²) in [6, 6.07) is 13.8. The van der Waals surface area contributed by atoms with E-state index in [0.29, 0.717) is 22.1 Å². The van der Waals surface area contributed by atoms with Crippen LogP contribution in [0.15, 0.2) is 58.0 Å². The first kappa shape index (κ1) is 21.1. The Morgan fingerprint density at radius 3 is 2.45 bits per heavy atom. The monoisotopic (exact) mass is 475 g/mol. The molecule has 0 saturated carbocycles. The molecular formula is C20H18BrN3O4S. The second-order valence-electron chi connectivity index (χ2n) is 6.20. The Bertz CT molecular complexity index is 961. The molecule has 0 radical (unpaired) electrons. The lowest BCUT2D eigenvalue weighted by Gasteiger charge is -2.09. The van der Waals surface area contributed by atoms with Gasteiger partial charge >= 0.3 is 5.97 Å². The van der Waals surface area contributed by atoms with Gasteiger partial charge in [-0.1, -0.05) is 27.7 Å². The summed E-state index contributed by atoms with van der Waals surface area (Å²) in [7, 11) is 2.95. The number of nitrogens with one attached hydrogen (secondary N) is 1. The Morgan fingerprint density at radius 1 is 1.17 bits per heavy atom. The van der Waals surface area contributed by atoms with E-state index in [1.54, 1.807) is 43.4 Å². The molecule has 1 aliphatic rings. The molecule has 3 rings (SSSR count). The number of rotatable bonds is 5. The lowest BCUT2D eigenvalue weighted by molar-refractivity contribution is -0.127. The molecule has 1 N–H and O–H groups in total. The fourth-order valence-corrected chi connectivity index (χ4v) is 4.03. The van der Waals surface area contributed by atoms with Crippen molar-refractivity contribution in [2.24, 2.45) is 4.99 Å². The molecule has 150 valence electrons. The summed E-state index contributed by atoms with van der Waals surface area (Å²) in [6.45, 7) is 0. The molecule has 0 unspecified atom stereocenters. The van der Waals surface area contributed by atoms with E-state index in [-0.39, 0.29) is 18.2 Å². The number of halogens is 1. The summed E-state index contributed by atoms with van der Waals surface area (Å²) in [6.07, 6.45) is 0.0458. The number of aliphatic imine (C=N–C) groups is 1. The van der Waals surface area contributed by atoms with Crippen LogP contribution in [0.25, 0.3) is 0 Å². The van der Waals surface area contributed by atoms with Gasteiger partial charge in [-0.25, -0.2) is 9.79 Å². The van der Waals surface area contributed by atoms with Gasteiger partial charge in [0.2, 0.25) is 11.8 Å². The Labute approximate surface area is 180 Å². The topological polar surface area (TPSA) is 88.1 Å². The lowest BCUT2D eigenvalue weighted by Crippen LogP contribution is -2.30. The van der Waals surface area contributed by atoms with E-state index in [1.165, 1.54) is 23.8 Å². The number of esters is 1. The zero-order valence-electron chi connectivity index (χ0n) is 15.7. The van der Waals surface area contributed by atoms with Crippen LogP contribution in [0.2, 0.25) is 0 Å². The molecule has 2 aromatic rings. The number of anilines is 1. The van der Waals surface area contributed by atoms with Crippen molar-refractivity contribution in [1.29, 1.82) is 0 Å². The van der Waals surface area contributed by atoms with E-state index in [1.807, 2.05) is 12.1 Å². The van der Waals surface area contributed by atoms with Crippen molar-refractivity contribution in [3.8, 4) is 0 Å². The number of carbonyl (C=O) groups is 3. The summed E-state index contributed by atoms with van der Waals surface area (Å²) < 4.78 is 5.58. The Kier molecular flexibility index (Phi) is 6.71. The van der Waals surface area contributed by atoms with Gasteiger partial charge < -0.3 is 10.1 Å². The number of ether oxygens (including phenoxy) is 1. The quantitative estimate of drug-likeness (QED) is 0.663. The third kappa shape index (κ3) is 5.24. The third-order valence-corrected chi connectivity index (χ3v) is 5.91. The van der Waals surface area contributed by atoms with Crippen molar-refractivity contribution in [3.05, 3.63) is 58.6 Å². The van der Waals surface area contributed by atoms with Gasteiger partial charge in [0.05, 0.1) is 18.4 Å². The van der Waals surface area contributed by atoms with Crippen LogP contribution in [0.3, 0.4) is 0 Å². The number of thioether (sulfide) groups is 1. The molecular weight excluding hydrogens is 458 g/mol. The van der Waals surface area contributed by atoms with Crippen LogP contribution in [0.5, 0.6) is 0 Å². The highest BCUT2D eigenvalue weighted by Crippen LogP contribution is 2.31. The average Bonchev–Trinajstić information content (AvgIpc) is 2.97. The molecule has 0 spiro atoms. The first-order chi connectivity index (χ1) is 13.9. The molecule has 0 bridgehead atoms. The zero-order valence-corrected chi connectivity index (χ0v) is 18.1. The fourth-order valence-electron chi connectivity index (χ4n) is 2.61. The molecule has 0 aromatic heterocycles. The smallest absolute Gasteiger partial charge is 0.337 e. The number of amides is 2. The predicted octanol–water partition coefficient (Wildman–Crippen LogP) is 3.83. The number of hydrogen-bond donors (Lipinski definition) is 1. The molecule has 2 aromatic carbocycles. The van der Waals surface area contributed by atoms with Crippen LogP contribution in [0.4, 0.5) is 11.4 Å². The summed E-state index contributed by atoms with van der Waals surface area (Å²) in [5.41, 5.74) is 1.68. The summed E-state index contributed by atoms with van der Waals surface area (Å²) in [5.74, 6) is -0.843. The van der Waals surface area contributed by atoms with Crippen LogP contribution in [-0.2, 0) is 14.3 Å². The number of hydrogen-bond acceptors (Lipinski definition) is 6. The Hall–Kier alpha value is -2.65. The minimum atomic E-state index is -0.538. The highest BCUT2D eigenvalue weighted by Gasteiger charge is 2.37. The third-order valence-electron chi connectivity index (χ3n) is 4.15. The molecule has 7 nitrogen and oxygen atoms in total. The summed E-state index contributed by atoms with van der Waals surface area (Å²) in [5, 5.41) is 2.75. The van der Waals surface area contributed by atoms with E-state index < -0.39 is 11.2 Å². The molecule has 1 fully saturated rings. The number of benzene rings is 2. The van der Waals surface area contributed by atoms with E-state index in [0.717, 1.165) is 4.47 Å². The van der Waals surface area contributed by atoms with Crippen molar-refractivity contribution in [2.75, 3.05) is 19.5 Å². The normalized spacial score (nSPS) is 17.5. The van der Waals surface area contributed by atoms with Gasteiger partial charge in [0, 0.05) is 23.6 Å². The number of amidine groups is 1. The molecule has 0 aliphatic carbocycles. The van der Waals surface area contributed by atoms with Gasteiger partial charge in [0.1, 0.15) is 5.25 Å². The predicted molar refractivity (Wildman–Crippen MR) is 116 cm³/mol. The standard InChI is InChI=1S/C20H18BrN3O4S/c1-24-18(26)16(11-17(25)22-14-9-5-13(21)6-10-14)29-20(24)23-15-7-3-12(4-8-15)19(27)28-2/h3-10,16H,11H2,1-2H3,(H,22,25)/t16-/m1/s1. The fraction of sp³-hybridized carbons (Fsp3) is 0.200. The molecule has 1 aliphatic heterocycles. The first-order valence-corrected chi connectivity index (χ1v) is 10.3. The highest BCUT2D eigenvalue weighted by atomic mass is 79.9. The van der Waals surface area contributed by atoms with Crippen LogP contribution < -0.4 is 5.32 Å². The first-order valence-electron chi connectivity index (χ1n) is 8.64. The number of nitrogens with zero attached hydrogens (tertiary/aromatic N) is 2. The van der Waals surface area contributed by atoms with Crippen molar-refractivity contribution < 1.29 is 19.1 Å². The maximum Gasteiger partial charge on any atom is 0.337 e. The van der Waals surface area contributed by atoms with E-state index in [9.17, 15) is 14.4 Å². The average molecular weight is 476 g/mol. The van der Waals surface area contributed by atoms with Gasteiger partial charge in [0.15, 0.2) is 5.17 Å². The van der Waals surface area contributed by atoms with Gasteiger partial charge in [-0.15, -0.1) is 0 Å². The number of carbonyl (C=O) groups excluding carboxylic acids is 3. The summed E-state index contributed by atoms with van der Waals surface area (Å²) in [4.78, 5) is 42.2. The Balaban J connectivity index is 1.65. The van der Waals surface area contributed by atoms with Crippen LogP contribution in [0.1, 0.15) is 16.8 Å². The second kappa shape index (κ2) is 9.23. The molecule has 1 atom stereocenters. The van der Waals surface area contributed by atoms with Crippen molar-refractivity contribution in [3.63, 3.8) is 0 Å². The van der Waals surface area contributed by atoms with Crippen LogP contribution in [-0.4, -0.2) is 47.3 Å². The van der Waals surface area contributed by atoms with E-state index >= 15 is 0 Å². The Morgan fingerprint density at radius 2 is 1.83 bits per heavy atom. The minimum absolute atomic E-state index is 0.0458. The van der Waals surface area contributed by atoms with E-state index in [2.05, 4.69) is 31.0 Å². The molecule has 1 heterocycles. The maximum absolute atomic E-state index is 12.5. The van der Waals surface area contributed by atoms with Crippen molar-refractivity contribution >= 4 is 62.0 Å². The molecule has 29 heavy (non-hydrogen) atoms. The molecule has 9 heteroatoms. The van der Waals surface area contributed by atoms with Gasteiger partial charge in [-0.05, 0) is 48.5 Å². The lowest BCUT2D eigenvalue weighted by atomic mass is 10.2. The van der Waals surface area contributed by atoms with Gasteiger partial charge in [-0.3, -0.25) is 14.5 Å². The van der Waals surface area contributed by atoms with Crippen molar-refractivity contribution in [1.82, 2.24) is 4.90 Å². The maximum atomic E-state index is 12.5. The van der Waals surface area contributed by atoms with Crippen molar-refractivity contribution in [2.45, 2.75) is 11.7 Å². The minimum Gasteiger partial charge on any atom is -0.465 e. The van der Waals surface area contributed by atoms with Gasteiger partial charge in [-0.2, -0.15) is 0 Å². The largest absolute Gasteiger partial charge is 0.465 e. The van der Waals surface area contributed by atoms with Crippen LogP contribution >= 0.6 is 27.7 Å². The number of methoxy groups -OCH3 is 1. The highest BCUT2D eigenvalue weighted by molar-refractivity contribution is 9.10. The summed E-state index contributed by atoms with van der Waals surface area (Å²) >= 11 is 4.59.